The van der Waals surface area contributed by atoms with Crippen LogP contribution in [0.25, 0.3) is 0 Å². The van der Waals surface area contributed by atoms with Crippen LogP contribution in [0.15, 0.2) is 30.3 Å². The molecule has 1 aliphatic carbocycles. The van der Waals surface area contributed by atoms with Gasteiger partial charge in [-0.05, 0) is 43.2 Å². The van der Waals surface area contributed by atoms with Gasteiger partial charge in [0.25, 0.3) is 0 Å². The molecule has 1 aromatic rings. The number of methoxy groups -OCH3 is 1. The number of hydrogen-bond donors (Lipinski definition) is 1. The van der Waals surface area contributed by atoms with E-state index in [4.69, 9.17) is 9.47 Å². The Kier molecular flexibility index (Phi) is 5.98. The summed E-state index contributed by atoms with van der Waals surface area (Å²) >= 11 is 0. The number of esters is 1. The maximum absolute atomic E-state index is 12.5. The summed E-state index contributed by atoms with van der Waals surface area (Å²) in [6.07, 6.45) is 3.59. The molecule has 7 nitrogen and oxygen atoms in total. The van der Waals surface area contributed by atoms with Crippen molar-refractivity contribution in [3.8, 4) is 5.75 Å². The van der Waals surface area contributed by atoms with Crippen LogP contribution < -0.4 is 10.1 Å². The molecule has 0 aromatic heterocycles. The summed E-state index contributed by atoms with van der Waals surface area (Å²) in [6.45, 7) is 0.915. The molecule has 1 aliphatic heterocycles. The second-order valence-electron chi connectivity index (χ2n) is 7.31. The van der Waals surface area contributed by atoms with E-state index in [0.717, 1.165) is 18.6 Å². The van der Waals surface area contributed by atoms with Crippen molar-refractivity contribution in [2.24, 2.45) is 5.41 Å². The summed E-state index contributed by atoms with van der Waals surface area (Å²) < 4.78 is 10.4. The first kappa shape index (κ1) is 19.2. The molecule has 2 amide bonds. The number of amides is 2. The van der Waals surface area contributed by atoms with Crippen LogP contribution in [0.3, 0.4) is 0 Å². The molecule has 1 aromatic carbocycles. The van der Waals surface area contributed by atoms with Crippen LogP contribution in [0.1, 0.15) is 32.1 Å². The van der Waals surface area contributed by atoms with Crippen LogP contribution in [0.2, 0.25) is 0 Å². The Labute approximate surface area is 159 Å². The smallest absolute Gasteiger partial charge is 0.328 e. The number of carbonyl (C=O) groups excluding carboxylic acids is 3. The van der Waals surface area contributed by atoms with Gasteiger partial charge in [-0.1, -0.05) is 18.2 Å². The average Bonchev–Trinajstić information content (AvgIpc) is 3.33. The molecule has 0 radical (unpaired) electrons. The van der Waals surface area contributed by atoms with Crippen LogP contribution in [-0.4, -0.2) is 55.5 Å². The van der Waals surface area contributed by atoms with Gasteiger partial charge in [-0.25, -0.2) is 4.79 Å². The first-order valence-corrected chi connectivity index (χ1v) is 9.35. The van der Waals surface area contributed by atoms with Crippen molar-refractivity contribution in [2.45, 2.75) is 38.1 Å². The summed E-state index contributed by atoms with van der Waals surface area (Å²) in [5.74, 6) is -0.0421. The number of carbonyl (C=O) groups is 3. The Bertz CT molecular complexity index is 687. The molecule has 1 spiro atoms. The van der Waals surface area contributed by atoms with Gasteiger partial charge in [-0.2, -0.15) is 0 Å². The van der Waals surface area contributed by atoms with Crippen molar-refractivity contribution in [1.82, 2.24) is 10.2 Å². The Hall–Kier alpha value is -2.57. The second-order valence-corrected chi connectivity index (χ2v) is 7.31. The maximum Gasteiger partial charge on any atom is 0.328 e. The van der Waals surface area contributed by atoms with Gasteiger partial charge in [-0.3, -0.25) is 9.59 Å². The fraction of sp³-hybridized carbons (Fsp3) is 0.550. The zero-order chi connectivity index (χ0) is 19.3. The Balaban J connectivity index is 1.38. The van der Waals surface area contributed by atoms with Gasteiger partial charge in [0.15, 0.2) is 0 Å². The summed E-state index contributed by atoms with van der Waals surface area (Å²) in [4.78, 5) is 38.0. The van der Waals surface area contributed by atoms with Crippen molar-refractivity contribution in [1.29, 1.82) is 0 Å². The number of benzene rings is 1. The fourth-order valence-corrected chi connectivity index (χ4v) is 3.51. The summed E-state index contributed by atoms with van der Waals surface area (Å²) in [6, 6.07) is 8.88. The molecule has 1 saturated heterocycles. The van der Waals surface area contributed by atoms with E-state index in [9.17, 15) is 14.4 Å². The number of hydrogen-bond acceptors (Lipinski definition) is 5. The number of ether oxygens (including phenoxy) is 2. The molecule has 27 heavy (non-hydrogen) atoms. The monoisotopic (exact) mass is 374 g/mol. The topological polar surface area (TPSA) is 84.9 Å². The van der Waals surface area contributed by atoms with Crippen LogP contribution in [0, 0.1) is 5.41 Å². The number of likely N-dealkylation sites (tertiary alicyclic amines) is 1. The summed E-state index contributed by atoms with van der Waals surface area (Å²) in [5, 5.41) is 2.65. The zero-order valence-corrected chi connectivity index (χ0v) is 15.6. The Morgan fingerprint density at radius 2 is 1.96 bits per heavy atom. The zero-order valence-electron chi connectivity index (χ0n) is 15.6. The quantitative estimate of drug-likeness (QED) is 0.551. The van der Waals surface area contributed by atoms with Crippen molar-refractivity contribution < 1.29 is 23.9 Å². The van der Waals surface area contributed by atoms with Crippen LogP contribution in [0.4, 0.5) is 0 Å². The van der Waals surface area contributed by atoms with Gasteiger partial charge in [0.1, 0.15) is 11.8 Å². The van der Waals surface area contributed by atoms with E-state index >= 15 is 0 Å². The lowest BCUT2D eigenvalue weighted by molar-refractivity contribution is -0.150. The second kappa shape index (κ2) is 8.41. The number of rotatable bonds is 8. The molecule has 1 unspecified atom stereocenters. The Morgan fingerprint density at radius 3 is 2.63 bits per heavy atom. The van der Waals surface area contributed by atoms with E-state index in [1.54, 1.807) is 4.90 Å². The van der Waals surface area contributed by atoms with Crippen LogP contribution in [-0.2, 0) is 19.1 Å². The highest BCUT2D eigenvalue weighted by Crippen LogP contribution is 2.54. The minimum Gasteiger partial charge on any atom is -0.494 e. The molecule has 1 saturated carbocycles. The minimum atomic E-state index is -0.527. The highest BCUT2D eigenvalue weighted by Gasteiger charge is 2.55. The van der Waals surface area contributed by atoms with E-state index in [-0.39, 0.29) is 36.2 Å². The van der Waals surface area contributed by atoms with Crippen molar-refractivity contribution in [3.05, 3.63) is 30.3 Å². The number of para-hydroxylation sites is 1. The molecular formula is C20H26N2O5. The molecule has 1 N–H and O–H groups in total. The largest absolute Gasteiger partial charge is 0.494 e. The molecule has 3 rings (SSSR count). The number of nitrogens with one attached hydrogen (secondary N) is 1. The molecule has 2 fully saturated rings. The van der Waals surface area contributed by atoms with Gasteiger partial charge in [0.2, 0.25) is 11.8 Å². The lowest BCUT2D eigenvalue weighted by Crippen LogP contribution is -2.46. The molecule has 146 valence electrons. The third-order valence-corrected chi connectivity index (χ3v) is 5.26. The third kappa shape index (κ3) is 4.99. The van der Waals surface area contributed by atoms with E-state index in [1.807, 2.05) is 30.3 Å². The van der Waals surface area contributed by atoms with Gasteiger partial charge in [0.05, 0.1) is 20.3 Å². The van der Waals surface area contributed by atoms with Crippen molar-refractivity contribution in [2.75, 3.05) is 26.8 Å². The predicted molar refractivity (Wildman–Crippen MR) is 98.0 cm³/mol. The Morgan fingerprint density at radius 1 is 1.22 bits per heavy atom. The molecule has 1 heterocycles. The molecule has 7 heteroatoms. The molecule has 2 aliphatic rings. The minimum absolute atomic E-state index is 0.0906. The van der Waals surface area contributed by atoms with Crippen LogP contribution >= 0.6 is 0 Å². The normalized spacial score (nSPS) is 19.6. The SMILES string of the molecule is COC(=O)C1CC2(CC2)CN1C(=O)CNC(=O)CCCOc1ccccc1. The van der Waals surface area contributed by atoms with Gasteiger partial charge in [0, 0.05) is 13.0 Å². The summed E-state index contributed by atoms with van der Waals surface area (Å²) in [7, 11) is 1.34. The highest BCUT2D eigenvalue weighted by atomic mass is 16.5. The van der Waals surface area contributed by atoms with Crippen LogP contribution in [0.5, 0.6) is 5.75 Å². The fourth-order valence-electron chi connectivity index (χ4n) is 3.51. The van der Waals surface area contributed by atoms with Crippen molar-refractivity contribution in [3.63, 3.8) is 0 Å². The van der Waals surface area contributed by atoms with Gasteiger partial charge in [-0.15, -0.1) is 0 Å². The average molecular weight is 374 g/mol. The molecule has 1 atom stereocenters. The maximum atomic E-state index is 12.5. The van der Waals surface area contributed by atoms with Crippen molar-refractivity contribution >= 4 is 17.8 Å². The summed E-state index contributed by atoms with van der Waals surface area (Å²) in [5.41, 5.74) is 0.0906. The molecule has 0 bridgehead atoms. The van der Waals surface area contributed by atoms with E-state index < -0.39 is 6.04 Å². The van der Waals surface area contributed by atoms with E-state index in [0.29, 0.717) is 26.0 Å². The van der Waals surface area contributed by atoms with Gasteiger partial charge >= 0.3 is 5.97 Å². The van der Waals surface area contributed by atoms with Gasteiger partial charge < -0.3 is 19.7 Å². The third-order valence-electron chi connectivity index (χ3n) is 5.26. The lowest BCUT2D eigenvalue weighted by atomic mass is 10.0. The standard InChI is InChI=1S/C20H26N2O5/c1-26-19(25)16-12-20(9-10-20)14-22(16)18(24)13-21-17(23)8-5-11-27-15-6-3-2-4-7-15/h2-4,6-7,16H,5,8-14H2,1H3,(H,21,23). The van der Waals surface area contributed by atoms with E-state index in [2.05, 4.69) is 5.32 Å². The molecular weight excluding hydrogens is 348 g/mol. The first-order valence-electron chi connectivity index (χ1n) is 9.35. The lowest BCUT2D eigenvalue weighted by Gasteiger charge is -2.22. The number of nitrogens with zero attached hydrogens (tertiary/aromatic N) is 1. The first-order chi connectivity index (χ1) is 13.0. The highest BCUT2D eigenvalue weighted by molar-refractivity contribution is 5.89. The van der Waals surface area contributed by atoms with E-state index in [1.165, 1.54) is 7.11 Å². The predicted octanol–water partition coefficient (Wildman–Crippen LogP) is 1.52.